The molecule has 1 rings (SSSR count). The third kappa shape index (κ3) is 5.58. The predicted octanol–water partition coefficient (Wildman–Crippen LogP) is 5.17. The lowest BCUT2D eigenvalue weighted by atomic mass is 9.96. The Balaban J connectivity index is 3.01. The minimum Gasteiger partial charge on any atom is -0.496 e. The number of hydrogen-bond donors (Lipinski definition) is 1. The Hall–Kier alpha value is -2.55. The van der Waals surface area contributed by atoms with Crippen molar-refractivity contribution in [3.05, 3.63) is 69.8 Å². The lowest BCUT2D eigenvalue weighted by molar-refractivity contribution is -0.131. The van der Waals surface area contributed by atoms with Gasteiger partial charge in [0.25, 0.3) is 0 Å². The highest BCUT2D eigenvalue weighted by molar-refractivity contribution is 5.80. The van der Waals surface area contributed by atoms with Crippen LogP contribution in [0.3, 0.4) is 0 Å². The first-order chi connectivity index (χ1) is 11.3. The van der Waals surface area contributed by atoms with Crippen LogP contribution < -0.4 is 4.74 Å². The Morgan fingerprint density at radius 1 is 1.00 bits per heavy atom. The third-order valence-electron chi connectivity index (χ3n) is 3.94. The Morgan fingerprint density at radius 3 is 2.12 bits per heavy atom. The van der Waals surface area contributed by atoms with Crippen LogP contribution in [0.4, 0.5) is 0 Å². The molecule has 0 aromatic heterocycles. The molecule has 128 valence electrons. The van der Waals surface area contributed by atoms with E-state index in [1.165, 1.54) is 16.7 Å². The van der Waals surface area contributed by atoms with Crippen molar-refractivity contribution in [3.8, 4) is 5.75 Å². The van der Waals surface area contributed by atoms with E-state index in [0.717, 1.165) is 28.5 Å². The van der Waals surface area contributed by atoms with E-state index in [4.69, 9.17) is 9.84 Å². The molecule has 1 aromatic carbocycles. The zero-order valence-electron chi connectivity index (χ0n) is 15.3. The van der Waals surface area contributed by atoms with E-state index in [9.17, 15) is 4.79 Å². The summed E-state index contributed by atoms with van der Waals surface area (Å²) in [5, 5.41) is 8.61. The highest BCUT2D eigenvalue weighted by atomic mass is 16.5. The number of aryl methyl sites for hydroxylation is 1. The molecular formula is C21H26O3. The Labute approximate surface area is 144 Å². The molecule has 0 spiro atoms. The summed E-state index contributed by atoms with van der Waals surface area (Å²) >= 11 is 0. The fraction of sp³-hybridized carbons (Fsp3) is 0.286. The molecule has 0 heterocycles. The Kier molecular flexibility index (Phi) is 7.25. The molecule has 0 unspecified atom stereocenters. The van der Waals surface area contributed by atoms with Crippen molar-refractivity contribution < 1.29 is 14.6 Å². The SMILES string of the molecule is COc1cc(C)c(C=CC(C)=CC=C(C)C=CC(=O)O)c(C)c1C. The van der Waals surface area contributed by atoms with E-state index < -0.39 is 5.97 Å². The average Bonchev–Trinajstić information content (AvgIpc) is 2.54. The second kappa shape index (κ2) is 8.92. The topological polar surface area (TPSA) is 46.5 Å². The van der Waals surface area contributed by atoms with Gasteiger partial charge in [-0.2, -0.15) is 0 Å². The number of benzene rings is 1. The van der Waals surface area contributed by atoms with Crippen LogP contribution in [0.5, 0.6) is 5.75 Å². The molecule has 0 radical (unpaired) electrons. The van der Waals surface area contributed by atoms with E-state index in [2.05, 4.69) is 39.0 Å². The van der Waals surface area contributed by atoms with E-state index in [0.29, 0.717) is 0 Å². The molecule has 1 aromatic rings. The van der Waals surface area contributed by atoms with Gasteiger partial charge in [-0.3, -0.25) is 0 Å². The molecule has 0 bridgehead atoms. The van der Waals surface area contributed by atoms with Gasteiger partial charge in [0, 0.05) is 6.08 Å². The number of hydrogen-bond acceptors (Lipinski definition) is 2. The molecule has 0 saturated heterocycles. The third-order valence-corrected chi connectivity index (χ3v) is 3.94. The molecule has 0 atom stereocenters. The van der Waals surface area contributed by atoms with Crippen LogP contribution in [-0.4, -0.2) is 18.2 Å². The molecule has 0 fully saturated rings. The second-order valence-corrected chi connectivity index (χ2v) is 5.89. The zero-order valence-corrected chi connectivity index (χ0v) is 15.3. The number of carboxylic acid groups (broad SMARTS) is 1. The number of carboxylic acids is 1. The Morgan fingerprint density at radius 2 is 1.58 bits per heavy atom. The van der Waals surface area contributed by atoms with E-state index >= 15 is 0 Å². The summed E-state index contributed by atoms with van der Waals surface area (Å²) < 4.78 is 5.40. The van der Waals surface area contributed by atoms with Gasteiger partial charge in [-0.05, 0) is 62.9 Å². The summed E-state index contributed by atoms with van der Waals surface area (Å²) in [5.41, 5.74) is 6.72. The maximum Gasteiger partial charge on any atom is 0.328 e. The molecule has 24 heavy (non-hydrogen) atoms. The van der Waals surface area contributed by atoms with Gasteiger partial charge in [0.15, 0.2) is 0 Å². The molecule has 0 aliphatic heterocycles. The lowest BCUT2D eigenvalue weighted by Gasteiger charge is -2.13. The fourth-order valence-electron chi connectivity index (χ4n) is 2.33. The smallest absolute Gasteiger partial charge is 0.328 e. The molecule has 3 heteroatoms. The summed E-state index contributed by atoms with van der Waals surface area (Å²) in [7, 11) is 1.69. The normalized spacial score (nSPS) is 13.1. The van der Waals surface area contributed by atoms with Gasteiger partial charge in [-0.1, -0.05) is 41.5 Å². The van der Waals surface area contributed by atoms with Gasteiger partial charge >= 0.3 is 5.97 Å². The first kappa shape index (κ1) is 19.5. The molecule has 3 nitrogen and oxygen atoms in total. The quantitative estimate of drug-likeness (QED) is 0.579. The average molecular weight is 326 g/mol. The van der Waals surface area contributed by atoms with Gasteiger partial charge < -0.3 is 9.84 Å². The van der Waals surface area contributed by atoms with Crippen LogP contribution in [-0.2, 0) is 4.79 Å². The van der Waals surface area contributed by atoms with Crippen molar-refractivity contribution >= 4 is 12.0 Å². The minimum atomic E-state index is -0.941. The van der Waals surface area contributed by atoms with Crippen molar-refractivity contribution in [2.75, 3.05) is 7.11 Å². The summed E-state index contributed by atoms with van der Waals surface area (Å²) in [6.45, 7) is 10.1. The van der Waals surface area contributed by atoms with Crippen molar-refractivity contribution in [1.82, 2.24) is 0 Å². The monoisotopic (exact) mass is 326 g/mol. The van der Waals surface area contributed by atoms with E-state index in [1.54, 1.807) is 13.2 Å². The van der Waals surface area contributed by atoms with E-state index in [1.807, 2.05) is 26.0 Å². The summed E-state index contributed by atoms with van der Waals surface area (Å²) in [4.78, 5) is 10.5. The summed E-state index contributed by atoms with van der Waals surface area (Å²) in [6, 6.07) is 2.06. The zero-order chi connectivity index (χ0) is 18.3. The van der Waals surface area contributed by atoms with Crippen LogP contribution in [0.2, 0.25) is 0 Å². The molecule has 0 saturated carbocycles. The van der Waals surface area contributed by atoms with E-state index in [-0.39, 0.29) is 0 Å². The second-order valence-electron chi connectivity index (χ2n) is 5.89. The van der Waals surface area contributed by atoms with Gasteiger partial charge in [0.1, 0.15) is 5.75 Å². The number of carbonyl (C=O) groups is 1. The molecule has 1 N–H and O–H groups in total. The van der Waals surface area contributed by atoms with Crippen LogP contribution >= 0.6 is 0 Å². The number of aliphatic carboxylic acids is 1. The summed E-state index contributed by atoms with van der Waals surface area (Å²) in [6.07, 6.45) is 10.8. The maximum absolute atomic E-state index is 10.5. The van der Waals surface area contributed by atoms with Crippen molar-refractivity contribution in [2.24, 2.45) is 0 Å². The number of ether oxygens (including phenoxy) is 1. The molecular weight excluding hydrogens is 300 g/mol. The minimum absolute atomic E-state index is 0.887. The first-order valence-electron chi connectivity index (χ1n) is 7.85. The Bertz CT molecular complexity index is 732. The molecule has 0 aliphatic carbocycles. The van der Waals surface area contributed by atoms with Crippen molar-refractivity contribution in [2.45, 2.75) is 34.6 Å². The molecule has 0 aliphatic rings. The highest BCUT2D eigenvalue weighted by Gasteiger charge is 2.08. The van der Waals surface area contributed by atoms with Gasteiger partial charge in [-0.15, -0.1) is 0 Å². The van der Waals surface area contributed by atoms with Gasteiger partial charge in [-0.25, -0.2) is 4.79 Å². The molecule has 0 amide bonds. The van der Waals surface area contributed by atoms with Gasteiger partial charge in [0.2, 0.25) is 0 Å². The van der Waals surface area contributed by atoms with Crippen LogP contribution in [0.15, 0.2) is 47.6 Å². The largest absolute Gasteiger partial charge is 0.496 e. The lowest BCUT2D eigenvalue weighted by Crippen LogP contribution is -1.95. The maximum atomic E-state index is 10.5. The van der Waals surface area contributed by atoms with Crippen LogP contribution in [0.1, 0.15) is 36.1 Å². The number of allylic oxidation sites excluding steroid dienone is 6. The number of methoxy groups -OCH3 is 1. The first-order valence-corrected chi connectivity index (χ1v) is 7.85. The van der Waals surface area contributed by atoms with Crippen LogP contribution in [0.25, 0.3) is 6.08 Å². The highest BCUT2D eigenvalue weighted by Crippen LogP contribution is 2.28. The van der Waals surface area contributed by atoms with Gasteiger partial charge in [0.05, 0.1) is 7.11 Å². The van der Waals surface area contributed by atoms with Crippen LogP contribution in [0, 0.1) is 20.8 Å². The van der Waals surface area contributed by atoms with Crippen molar-refractivity contribution in [3.63, 3.8) is 0 Å². The number of rotatable bonds is 6. The summed E-state index contributed by atoms with van der Waals surface area (Å²) in [5.74, 6) is -0.0256. The standard InChI is InChI=1S/C21H26O3/c1-14(7-8-15(2)10-12-21(22)23)9-11-19-16(3)13-20(24-6)18(5)17(19)4/h7-13H,1-6H3,(H,22,23). The fourth-order valence-corrected chi connectivity index (χ4v) is 2.33. The van der Waals surface area contributed by atoms with Crippen molar-refractivity contribution in [1.29, 1.82) is 0 Å². The predicted molar refractivity (Wildman–Crippen MR) is 101 cm³/mol.